The van der Waals surface area contributed by atoms with Crippen LogP contribution in [0.25, 0.3) is 0 Å². The van der Waals surface area contributed by atoms with Gasteiger partial charge in [-0.15, -0.1) is 22.0 Å². The van der Waals surface area contributed by atoms with Crippen LogP contribution in [0.15, 0.2) is 30.3 Å². The number of fused-ring (bicyclic) bond motifs is 1. The van der Waals surface area contributed by atoms with Crippen molar-refractivity contribution in [1.29, 1.82) is 0 Å². The third-order valence-corrected chi connectivity index (χ3v) is 7.11. The number of hydrogen-bond donors (Lipinski definition) is 4. The van der Waals surface area contributed by atoms with E-state index in [0.29, 0.717) is 11.4 Å². The molecule has 30 heavy (non-hydrogen) atoms. The highest BCUT2D eigenvalue weighted by Crippen LogP contribution is 2.56. The molecule has 1 aromatic carbocycles. The molecule has 0 spiro atoms. The first kappa shape index (κ1) is 20.7. The lowest BCUT2D eigenvalue weighted by Gasteiger charge is -2.44. The van der Waals surface area contributed by atoms with Gasteiger partial charge in [-0.3, -0.25) is 14.1 Å². The van der Waals surface area contributed by atoms with Crippen LogP contribution < -0.4 is 10.0 Å². The Bertz CT molecular complexity index is 1060. The zero-order chi connectivity index (χ0) is 21.7. The minimum absolute atomic E-state index is 0.320. The van der Waals surface area contributed by atoms with Crippen molar-refractivity contribution >= 4 is 33.9 Å². The molecule has 2 saturated heterocycles. The summed E-state index contributed by atoms with van der Waals surface area (Å²) in [6.45, 7) is 3.88. The molecule has 2 aliphatic heterocycles. The van der Waals surface area contributed by atoms with Crippen LogP contribution in [0, 0.1) is 0 Å². The number of nitrogens with zero attached hydrogens (tertiary/aromatic N) is 4. The number of aromatic amines is 1. The molecule has 0 bridgehead atoms. The van der Waals surface area contributed by atoms with E-state index >= 15 is 0 Å². The number of thioether (sulfide) groups is 1. The smallest absolute Gasteiger partial charge is 0.334 e. The number of nitrogens with one attached hydrogen (secondary N) is 3. The first-order chi connectivity index (χ1) is 14.1. The minimum atomic E-state index is -4.67. The Morgan fingerprint density at radius 2 is 2.03 bits per heavy atom. The lowest BCUT2D eigenvalue weighted by Crippen LogP contribution is -2.68. The molecule has 3 heterocycles. The van der Waals surface area contributed by atoms with Gasteiger partial charge < -0.3 is 10.2 Å². The van der Waals surface area contributed by atoms with Gasteiger partial charge in [-0.1, -0.05) is 35.5 Å². The van der Waals surface area contributed by atoms with E-state index in [1.54, 1.807) is 23.1 Å². The SMILES string of the molecule is CC1(C)S[C@H]2C(NC(=O)C(NS(=O)(=O)O)c3ccccc3)C(=O)N2C1c1nn[nH]n1. The van der Waals surface area contributed by atoms with E-state index in [-0.39, 0.29) is 11.3 Å². The van der Waals surface area contributed by atoms with Crippen LogP contribution in [0.5, 0.6) is 0 Å². The second-order valence-electron chi connectivity index (χ2n) is 7.45. The quantitative estimate of drug-likeness (QED) is 0.334. The number of tetrazole rings is 1. The number of amides is 2. The van der Waals surface area contributed by atoms with E-state index in [2.05, 4.69) is 25.9 Å². The molecule has 2 fully saturated rings. The van der Waals surface area contributed by atoms with Crippen LogP contribution in [0.2, 0.25) is 0 Å². The first-order valence-electron chi connectivity index (χ1n) is 8.92. The normalized spacial score (nSPS) is 26.0. The second kappa shape index (κ2) is 7.30. The van der Waals surface area contributed by atoms with Gasteiger partial charge in [-0.2, -0.15) is 18.4 Å². The first-order valence-corrected chi connectivity index (χ1v) is 11.2. The third-order valence-electron chi connectivity index (χ3n) is 5.01. The monoisotopic (exact) mass is 453 g/mol. The highest BCUT2D eigenvalue weighted by atomic mass is 32.2. The summed E-state index contributed by atoms with van der Waals surface area (Å²) in [4.78, 5) is 27.3. The summed E-state index contributed by atoms with van der Waals surface area (Å²) < 4.78 is 33.4. The Balaban J connectivity index is 1.54. The number of β-lactam (4-membered cyclic amide) rings is 1. The molecule has 2 aromatic rings. The van der Waals surface area contributed by atoms with E-state index in [0.717, 1.165) is 0 Å². The van der Waals surface area contributed by atoms with Gasteiger partial charge >= 0.3 is 10.3 Å². The zero-order valence-corrected chi connectivity index (χ0v) is 17.5. The van der Waals surface area contributed by atoms with Crippen molar-refractivity contribution in [3.63, 3.8) is 0 Å². The standard InChI is InChI=1S/C16H19N7O5S2/c1-16(2)11(12-18-21-22-19-12)23-14(25)10(15(23)29-16)17-13(24)9(20-30(26,27)28)8-6-4-3-5-7-8/h3-7,9-11,15,20H,1-2H3,(H,17,24)(H,26,27,28)(H,18,19,21,22)/t9?,10?,11?,15-/m0/s1. The second-order valence-corrected chi connectivity index (χ2v) is 10.4. The van der Waals surface area contributed by atoms with Crippen molar-refractivity contribution in [2.24, 2.45) is 0 Å². The molecule has 1 aromatic heterocycles. The largest absolute Gasteiger partial charge is 0.340 e. The van der Waals surface area contributed by atoms with Gasteiger partial charge in [0.15, 0.2) is 5.82 Å². The number of hydrogen-bond acceptors (Lipinski definition) is 8. The topological polar surface area (TPSA) is 170 Å². The van der Waals surface area contributed by atoms with Crippen LogP contribution in [-0.2, 0) is 19.9 Å². The zero-order valence-electron chi connectivity index (χ0n) is 15.9. The molecule has 0 aliphatic carbocycles. The van der Waals surface area contributed by atoms with Crippen molar-refractivity contribution in [2.45, 2.75) is 42.1 Å². The number of H-pyrrole nitrogens is 1. The molecule has 0 radical (unpaired) electrons. The van der Waals surface area contributed by atoms with Gasteiger partial charge in [-0.25, -0.2) is 0 Å². The van der Waals surface area contributed by atoms with Crippen LogP contribution >= 0.6 is 11.8 Å². The van der Waals surface area contributed by atoms with Crippen LogP contribution in [-0.4, -0.2) is 66.5 Å². The lowest BCUT2D eigenvalue weighted by molar-refractivity contribution is -0.152. The van der Waals surface area contributed by atoms with E-state index in [1.807, 2.05) is 18.6 Å². The lowest BCUT2D eigenvalue weighted by atomic mass is 9.95. The fourth-order valence-corrected chi connectivity index (χ4v) is 5.92. The Morgan fingerprint density at radius 1 is 1.33 bits per heavy atom. The Labute approximate surface area is 176 Å². The Kier molecular flexibility index (Phi) is 5.04. The van der Waals surface area contributed by atoms with Crippen LogP contribution in [0.3, 0.4) is 0 Å². The molecular weight excluding hydrogens is 434 g/mol. The average molecular weight is 454 g/mol. The predicted molar refractivity (Wildman–Crippen MR) is 105 cm³/mol. The van der Waals surface area contributed by atoms with Gasteiger partial charge in [0.2, 0.25) is 11.8 Å². The molecule has 4 rings (SSSR count). The van der Waals surface area contributed by atoms with Crippen molar-refractivity contribution in [1.82, 2.24) is 35.6 Å². The van der Waals surface area contributed by atoms with Gasteiger partial charge in [0.1, 0.15) is 23.5 Å². The number of aromatic nitrogens is 4. The molecule has 2 amide bonds. The van der Waals surface area contributed by atoms with Crippen molar-refractivity contribution in [2.75, 3.05) is 0 Å². The van der Waals surface area contributed by atoms with Gasteiger partial charge in [0.25, 0.3) is 0 Å². The van der Waals surface area contributed by atoms with Crippen LogP contribution in [0.4, 0.5) is 0 Å². The molecule has 3 unspecified atom stereocenters. The average Bonchev–Trinajstić information content (AvgIpc) is 3.28. The summed E-state index contributed by atoms with van der Waals surface area (Å²) in [5, 5.41) is 16.2. The summed E-state index contributed by atoms with van der Waals surface area (Å²) in [5.74, 6) is -0.707. The number of rotatable bonds is 6. The van der Waals surface area contributed by atoms with Crippen molar-refractivity contribution < 1.29 is 22.6 Å². The Hall–Kier alpha value is -2.55. The minimum Gasteiger partial charge on any atom is -0.340 e. The van der Waals surface area contributed by atoms with Gasteiger partial charge in [0.05, 0.1) is 0 Å². The van der Waals surface area contributed by atoms with Gasteiger partial charge in [0, 0.05) is 4.75 Å². The summed E-state index contributed by atoms with van der Waals surface area (Å²) >= 11 is 1.48. The summed E-state index contributed by atoms with van der Waals surface area (Å²) in [6.07, 6.45) is 0. The molecular formula is C16H19N7O5S2. The number of carbonyl (C=O) groups excluding carboxylic acids is 2. The van der Waals surface area contributed by atoms with E-state index in [9.17, 15) is 22.6 Å². The van der Waals surface area contributed by atoms with E-state index < -0.39 is 39.1 Å². The van der Waals surface area contributed by atoms with Crippen molar-refractivity contribution in [3.05, 3.63) is 41.7 Å². The highest BCUT2D eigenvalue weighted by Gasteiger charge is 2.63. The highest BCUT2D eigenvalue weighted by molar-refractivity contribution is 8.01. The van der Waals surface area contributed by atoms with Gasteiger partial charge in [-0.05, 0) is 19.4 Å². The van der Waals surface area contributed by atoms with Crippen molar-refractivity contribution in [3.8, 4) is 0 Å². The van der Waals surface area contributed by atoms with E-state index in [4.69, 9.17) is 0 Å². The molecule has 4 N–H and O–H groups in total. The molecule has 12 nitrogen and oxygen atoms in total. The number of carbonyl (C=O) groups is 2. The fraction of sp³-hybridized carbons (Fsp3) is 0.438. The third kappa shape index (κ3) is 3.66. The molecule has 2 aliphatic rings. The summed E-state index contributed by atoms with van der Waals surface area (Å²) in [6, 6.07) is 5.37. The molecule has 0 saturated carbocycles. The maximum absolute atomic E-state index is 12.9. The molecule has 160 valence electrons. The van der Waals surface area contributed by atoms with Crippen LogP contribution in [0.1, 0.15) is 37.3 Å². The fourth-order valence-electron chi connectivity index (χ4n) is 3.75. The summed E-state index contributed by atoms with van der Waals surface area (Å²) in [7, 11) is -4.67. The number of benzene rings is 1. The maximum atomic E-state index is 12.9. The predicted octanol–water partition coefficient (Wildman–Crippen LogP) is -0.447. The Morgan fingerprint density at radius 3 is 2.63 bits per heavy atom. The summed E-state index contributed by atoms with van der Waals surface area (Å²) in [5.41, 5.74) is 0.320. The van der Waals surface area contributed by atoms with E-state index in [1.165, 1.54) is 23.9 Å². The molecule has 4 atom stereocenters. The molecule has 14 heteroatoms. The maximum Gasteiger partial charge on any atom is 0.334 e.